The van der Waals surface area contributed by atoms with Crippen molar-refractivity contribution in [2.24, 2.45) is 0 Å². The van der Waals surface area contributed by atoms with Gasteiger partial charge >= 0.3 is 6.18 Å². The number of halogens is 3. The summed E-state index contributed by atoms with van der Waals surface area (Å²) in [5.41, 5.74) is -0.123. The number of carbonyl (C=O) groups is 1. The molecule has 3 nitrogen and oxygen atoms in total. The lowest BCUT2D eigenvalue weighted by Crippen LogP contribution is -2.57. The molecule has 1 aromatic rings. The Balaban J connectivity index is 2.07. The lowest BCUT2D eigenvalue weighted by Gasteiger charge is -2.39. The van der Waals surface area contributed by atoms with Crippen LogP contribution in [0.3, 0.4) is 0 Å². The molecule has 1 N–H and O–H groups in total. The number of hydrogen-bond acceptors (Lipinski definition) is 2. The Morgan fingerprint density at radius 2 is 2.09 bits per heavy atom. The van der Waals surface area contributed by atoms with Crippen molar-refractivity contribution in [1.29, 1.82) is 0 Å². The molecule has 0 spiro atoms. The molecule has 0 aliphatic carbocycles. The van der Waals surface area contributed by atoms with Gasteiger partial charge < -0.3 is 10.2 Å². The van der Waals surface area contributed by atoms with Gasteiger partial charge in [-0.25, -0.2) is 0 Å². The van der Waals surface area contributed by atoms with Crippen LogP contribution < -0.4 is 5.32 Å². The Morgan fingerprint density at radius 3 is 2.74 bits per heavy atom. The molecule has 1 aliphatic heterocycles. The zero-order chi connectivity index (χ0) is 17.2. The molecule has 3 unspecified atom stereocenters. The molecule has 1 fully saturated rings. The van der Waals surface area contributed by atoms with Gasteiger partial charge in [0.2, 0.25) is 5.91 Å². The Bertz CT molecular complexity index is 559. The van der Waals surface area contributed by atoms with E-state index >= 15 is 0 Å². The summed E-state index contributed by atoms with van der Waals surface area (Å²) < 4.78 is 38.4. The number of amides is 1. The second kappa shape index (κ2) is 6.91. The molecule has 0 bridgehead atoms. The molecule has 1 saturated heterocycles. The van der Waals surface area contributed by atoms with Crippen LogP contribution in [-0.4, -0.2) is 36.0 Å². The summed E-state index contributed by atoms with van der Waals surface area (Å²) in [5.74, 6) is -0.252. The van der Waals surface area contributed by atoms with Crippen molar-refractivity contribution in [2.75, 3.05) is 13.1 Å². The fourth-order valence-electron chi connectivity index (χ4n) is 2.93. The lowest BCUT2D eigenvalue weighted by molar-refractivity contribution is -0.137. The minimum absolute atomic E-state index is 0.00392. The molecule has 6 heteroatoms. The average molecular weight is 328 g/mol. The minimum atomic E-state index is -4.36. The van der Waals surface area contributed by atoms with Gasteiger partial charge in [-0.05, 0) is 31.4 Å². The van der Waals surface area contributed by atoms with E-state index < -0.39 is 11.7 Å². The van der Waals surface area contributed by atoms with Crippen molar-refractivity contribution >= 4 is 5.91 Å². The van der Waals surface area contributed by atoms with Gasteiger partial charge in [0.1, 0.15) is 0 Å². The van der Waals surface area contributed by atoms with Gasteiger partial charge in [0.05, 0.1) is 5.56 Å². The summed E-state index contributed by atoms with van der Waals surface area (Å²) in [5, 5.41) is 3.31. The second-order valence-electron chi connectivity index (χ2n) is 6.30. The maximum atomic E-state index is 12.8. The van der Waals surface area contributed by atoms with E-state index in [0.29, 0.717) is 12.1 Å². The van der Waals surface area contributed by atoms with Gasteiger partial charge in [-0.2, -0.15) is 13.2 Å². The van der Waals surface area contributed by atoms with Crippen LogP contribution in [0.2, 0.25) is 0 Å². The number of hydrogen-bond donors (Lipinski definition) is 1. The molecular formula is C17H23F3N2O. The van der Waals surface area contributed by atoms with Crippen LogP contribution in [0.5, 0.6) is 0 Å². The predicted octanol–water partition coefficient (Wildman–Crippen LogP) is 3.41. The maximum absolute atomic E-state index is 12.8. The largest absolute Gasteiger partial charge is 0.416 e. The quantitative estimate of drug-likeness (QED) is 0.922. The molecule has 23 heavy (non-hydrogen) atoms. The molecule has 0 aromatic heterocycles. The first-order valence-corrected chi connectivity index (χ1v) is 7.90. The predicted molar refractivity (Wildman–Crippen MR) is 83.1 cm³/mol. The van der Waals surface area contributed by atoms with Crippen molar-refractivity contribution in [3.05, 3.63) is 35.4 Å². The molecule has 1 heterocycles. The lowest BCUT2D eigenvalue weighted by atomic mass is 9.94. The summed E-state index contributed by atoms with van der Waals surface area (Å²) in [6.07, 6.45) is -4.14. The van der Waals surface area contributed by atoms with E-state index in [4.69, 9.17) is 0 Å². The van der Waals surface area contributed by atoms with E-state index in [1.165, 1.54) is 6.07 Å². The van der Waals surface area contributed by atoms with Crippen LogP contribution in [-0.2, 0) is 11.0 Å². The number of nitrogens with one attached hydrogen (secondary N) is 1. The highest BCUT2D eigenvalue weighted by atomic mass is 19.4. The monoisotopic (exact) mass is 328 g/mol. The van der Waals surface area contributed by atoms with Crippen molar-refractivity contribution < 1.29 is 18.0 Å². The smallest absolute Gasteiger partial charge is 0.337 e. The van der Waals surface area contributed by atoms with E-state index in [2.05, 4.69) is 5.32 Å². The fourth-order valence-corrected chi connectivity index (χ4v) is 2.93. The zero-order valence-corrected chi connectivity index (χ0v) is 13.7. The van der Waals surface area contributed by atoms with E-state index in [-0.39, 0.29) is 30.3 Å². The highest BCUT2D eigenvalue weighted by Gasteiger charge is 2.32. The molecule has 1 aromatic carbocycles. The molecule has 2 rings (SSSR count). The molecule has 1 aliphatic rings. The van der Waals surface area contributed by atoms with Crippen molar-refractivity contribution in [1.82, 2.24) is 10.2 Å². The molecule has 0 radical (unpaired) electrons. The molecular weight excluding hydrogens is 305 g/mol. The number of piperazine rings is 1. The van der Waals surface area contributed by atoms with Crippen LogP contribution >= 0.6 is 0 Å². The number of rotatable bonds is 3. The SMILES string of the molecule is CC(CC(=O)N1CCNC(C)C1C)c1cccc(C(F)(F)F)c1. The Kier molecular flexibility index (Phi) is 5.34. The van der Waals surface area contributed by atoms with Gasteiger partial charge in [-0.15, -0.1) is 0 Å². The van der Waals surface area contributed by atoms with Crippen molar-refractivity contribution in [2.45, 2.75) is 51.4 Å². The van der Waals surface area contributed by atoms with Crippen LogP contribution in [0.25, 0.3) is 0 Å². The third kappa shape index (κ3) is 4.25. The Hall–Kier alpha value is -1.56. The number of benzene rings is 1. The van der Waals surface area contributed by atoms with Crippen molar-refractivity contribution in [3.8, 4) is 0 Å². The number of nitrogens with zero attached hydrogens (tertiary/aromatic N) is 1. The first-order valence-electron chi connectivity index (χ1n) is 7.90. The van der Waals surface area contributed by atoms with Crippen molar-refractivity contribution in [3.63, 3.8) is 0 Å². The zero-order valence-electron chi connectivity index (χ0n) is 13.7. The summed E-state index contributed by atoms with van der Waals surface area (Å²) in [6, 6.07) is 5.55. The number of alkyl halides is 3. The standard InChI is InChI=1S/C17H23F3N2O/c1-11(14-5-4-6-15(10-14)17(18,19)20)9-16(23)22-8-7-21-12(2)13(22)3/h4-6,10-13,21H,7-9H2,1-3H3. The van der Waals surface area contributed by atoms with Gasteiger partial charge in [-0.1, -0.05) is 25.1 Å². The average Bonchev–Trinajstić information content (AvgIpc) is 2.49. The molecule has 3 atom stereocenters. The maximum Gasteiger partial charge on any atom is 0.416 e. The molecule has 1 amide bonds. The summed E-state index contributed by atoms with van der Waals surface area (Å²) in [7, 11) is 0. The summed E-state index contributed by atoms with van der Waals surface area (Å²) in [6.45, 7) is 7.20. The third-order valence-corrected chi connectivity index (χ3v) is 4.62. The van der Waals surface area contributed by atoms with Gasteiger partial charge in [0.15, 0.2) is 0 Å². The first-order chi connectivity index (χ1) is 10.7. The first kappa shape index (κ1) is 17.8. The Morgan fingerprint density at radius 1 is 1.39 bits per heavy atom. The fraction of sp³-hybridized carbons (Fsp3) is 0.588. The van der Waals surface area contributed by atoms with Crippen LogP contribution in [0.15, 0.2) is 24.3 Å². The highest BCUT2D eigenvalue weighted by Crippen LogP contribution is 2.32. The molecule has 0 saturated carbocycles. The van der Waals surface area contributed by atoms with E-state index in [1.54, 1.807) is 13.0 Å². The van der Waals surface area contributed by atoms with E-state index in [1.807, 2.05) is 18.7 Å². The topological polar surface area (TPSA) is 32.3 Å². The minimum Gasteiger partial charge on any atom is -0.337 e. The van der Waals surface area contributed by atoms with E-state index in [9.17, 15) is 18.0 Å². The third-order valence-electron chi connectivity index (χ3n) is 4.62. The van der Waals surface area contributed by atoms with Gasteiger partial charge in [-0.3, -0.25) is 4.79 Å². The normalized spacial score (nSPS) is 23.7. The summed E-state index contributed by atoms with van der Waals surface area (Å²) in [4.78, 5) is 14.3. The highest BCUT2D eigenvalue weighted by molar-refractivity contribution is 5.77. The van der Waals surface area contributed by atoms with Crippen LogP contribution in [0, 0.1) is 0 Å². The van der Waals surface area contributed by atoms with Gasteiger partial charge in [0.25, 0.3) is 0 Å². The van der Waals surface area contributed by atoms with Crippen LogP contribution in [0.1, 0.15) is 44.2 Å². The van der Waals surface area contributed by atoms with Crippen LogP contribution in [0.4, 0.5) is 13.2 Å². The Labute approximate surface area is 134 Å². The molecule has 128 valence electrons. The van der Waals surface area contributed by atoms with Gasteiger partial charge in [0, 0.05) is 31.6 Å². The number of carbonyl (C=O) groups excluding carboxylic acids is 1. The van der Waals surface area contributed by atoms with E-state index in [0.717, 1.165) is 18.7 Å². The summed E-state index contributed by atoms with van der Waals surface area (Å²) >= 11 is 0. The second-order valence-corrected chi connectivity index (χ2v) is 6.30.